The number of fused-ring (bicyclic) bond motifs is 1. The normalized spacial score (nSPS) is 11.7. The number of H-pyrrole nitrogens is 2. The van der Waals surface area contributed by atoms with Gasteiger partial charge in [0.15, 0.2) is 5.75 Å². The van der Waals surface area contributed by atoms with E-state index in [1.54, 1.807) is 0 Å². The maximum Gasteiger partial charge on any atom is 0.326 e. The van der Waals surface area contributed by atoms with Crippen LogP contribution in [0.5, 0.6) is 5.75 Å². The van der Waals surface area contributed by atoms with E-state index >= 15 is 0 Å². The molecule has 12 heteroatoms. The van der Waals surface area contributed by atoms with Crippen molar-refractivity contribution < 1.29 is 18.1 Å². The first-order chi connectivity index (χ1) is 13.6. The number of aromatic amines is 2. The predicted molar refractivity (Wildman–Crippen MR) is 103 cm³/mol. The zero-order valence-electron chi connectivity index (χ0n) is 15.3. The van der Waals surface area contributed by atoms with Crippen LogP contribution < -0.4 is 16.0 Å². The van der Waals surface area contributed by atoms with Crippen molar-refractivity contribution in [2.45, 2.75) is 11.4 Å². The van der Waals surface area contributed by atoms with Crippen LogP contribution in [0.4, 0.5) is 5.69 Å². The van der Waals surface area contributed by atoms with Crippen molar-refractivity contribution in [2.75, 3.05) is 14.2 Å². The van der Waals surface area contributed by atoms with Crippen molar-refractivity contribution in [1.29, 1.82) is 0 Å². The van der Waals surface area contributed by atoms with E-state index in [0.717, 1.165) is 10.4 Å². The molecule has 0 spiro atoms. The van der Waals surface area contributed by atoms with Gasteiger partial charge in [0.2, 0.25) is 10.0 Å². The van der Waals surface area contributed by atoms with Crippen LogP contribution in [0.1, 0.15) is 5.56 Å². The summed E-state index contributed by atoms with van der Waals surface area (Å²) in [6.45, 7) is -0.146. The van der Waals surface area contributed by atoms with Gasteiger partial charge in [-0.05, 0) is 29.8 Å². The third kappa shape index (κ3) is 3.88. The lowest BCUT2D eigenvalue weighted by Gasteiger charge is -2.17. The Hall–Kier alpha value is -3.51. The molecule has 152 valence electrons. The predicted octanol–water partition coefficient (Wildman–Crippen LogP) is 0.954. The second-order valence-corrected chi connectivity index (χ2v) is 8.18. The molecular weight excluding hydrogens is 404 g/mol. The Labute approximate surface area is 163 Å². The van der Waals surface area contributed by atoms with E-state index in [0.29, 0.717) is 5.56 Å². The molecule has 0 aliphatic heterocycles. The van der Waals surface area contributed by atoms with Crippen LogP contribution >= 0.6 is 0 Å². The van der Waals surface area contributed by atoms with Gasteiger partial charge in [0, 0.05) is 19.7 Å². The van der Waals surface area contributed by atoms with Gasteiger partial charge < -0.3 is 9.72 Å². The third-order valence-corrected chi connectivity index (χ3v) is 6.06. The summed E-state index contributed by atoms with van der Waals surface area (Å²) in [5, 5.41) is 11.2. The van der Waals surface area contributed by atoms with E-state index < -0.39 is 26.2 Å². The summed E-state index contributed by atoms with van der Waals surface area (Å²) < 4.78 is 31.7. The molecule has 3 rings (SSSR count). The highest BCUT2D eigenvalue weighted by Gasteiger charge is 2.23. The largest absolute Gasteiger partial charge is 0.490 e. The fraction of sp³-hybridized carbons (Fsp3) is 0.176. The van der Waals surface area contributed by atoms with E-state index in [-0.39, 0.29) is 33.8 Å². The summed E-state index contributed by atoms with van der Waals surface area (Å²) in [6.07, 6.45) is 0. The van der Waals surface area contributed by atoms with Crippen LogP contribution in [-0.2, 0) is 16.6 Å². The van der Waals surface area contributed by atoms with Gasteiger partial charge >= 0.3 is 11.4 Å². The molecular formula is C17H16N4O7S. The van der Waals surface area contributed by atoms with Crippen LogP contribution in [0.25, 0.3) is 10.9 Å². The standard InChI is InChI=1S/C17H16N4O7S/c1-20(9-10-3-6-15(28-2)14(7-10)21(24)25)29(26,27)11-4-5-13-12(8-11)16(22)19-17(23)18-13/h3-8H,9H2,1-2H3,(H2,18,19,22,23). The molecule has 2 aromatic carbocycles. The van der Waals surface area contributed by atoms with Gasteiger partial charge in [-0.25, -0.2) is 13.2 Å². The Morgan fingerprint density at radius 1 is 1.14 bits per heavy atom. The number of methoxy groups -OCH3 is 1. The van der Waals surface area contributed by atoms with Gasteiger partial charge in [0.1, 0.15) is 0 Å². The Bertz CT molecular complexity index is 1330. The number of aromatic nitrogens is 2. The number of nitrogens with one attached hydrogen (secondary N) is 2. The lowest BCUT2D eigenvalue weighted by atomic mass is 10.2. The lowest BCUT2D eigenvalue weighted by Crippen LogP contribution is -2.27. The van der Waals surface area contributed by atoms with E-state index in [1.165, 1.54) is 44.5 Å². The van der Waals surface area contributed by atoms with Crippen LogP contribution in [0.2, 0.25) is 0 Å². The monoisotopic (exact) mass is 420 g/mol. The molecule has 0 radical (unpaired) electrons. The molecule has 0 aliphatic carbocycles. The van der Waals surface area contributed by atoms with Gasteiger partial charge in [0.25, 0.3) is 5.56 Å². The summed E-state index contributed by atoms with van der Waals surface area (Å²) in [7, 11) is -1.41. The van der Waals surface area contributed by atoms with E-state index in [1.807, 2.05) is 4.98 Å². The van der Waals surface area contributed by atoms with Gasteiger partial charge in [0.05, 0.1) is 27.8 Å². The van der Waals surface area contributed by atoms with E-state index in [2.05, 4.69) is 4.98 Å². The lowest BCUT2D eigenvalue weighted by molar-refractivity contribution is -0.385. The summed E-state index contributed by atoms with van der Waals surface area (Å²) >= 11 is 0. The second kappa shape index (κ2) is 7.48. The van der Waals surface area contributed by atoms with Crippen LogP contribution in [0.3, 0.4) is 0 Å². The molecule has 0 unspecified atom stereocenters. The zero-order chi connectivity index (χ0) is 21.3. The second-order valence-electron chi connectivity index (χ2n) is 6.14. The number of ether oxygens (including phenoxy) is 1. The Morgan fingerprint density at radius 3 is 2.52 bits per heavy atom. The fourth-order valence-corrected chi connectivity index (χ4v) is 3.99. The summed E-state index contributed by atoms with van der Waals surface area (Å²) in [4.78, 5) is 38.1. The molecule has 0 amide bonds. The van der Waals surface area contributed by atoms with Crippen molar-refractivity contribution in [2.24, 2.45) is 0 Å². The molecule has 1 heterocycles. The van der Waals surface area contributed by atoms with Gasteiger partial charge in [-0.1, -0.05) is 6.07 Å². The van der Waals surface area contributed by atoms with Gasteiger partial charge in [-0.2, -0.15) is 4.31 Å². The van der Waals surface area contributed by atoms with Crippen molar-refractivity contribution in [3.63, 3.8) is 0 Å². The van der Waals surface area contributed by atoms with E-state index in [9.17, 15) is 28.1 Å². The highest BCUT2D eigenvalue weighted by molar-refractivity contribution is 7.89. The Kier molecular flexibility index (Phi) is 5.22. The molecule has 29 heavy (non-hydrogen) atoms. The summed E-state index contributed by atoms with van der Waals surface area (Å²) in [5.74, 6) is 0.0620. The molecule has 1 aromatic heterocycles. The molecule has 0 aliphatic rings. The quantitative estimate of drug-likeness (QED) is 0.444. The Balaban J connectivity index is 1.97. The number of hydrogen-bond acceptors (Lipinski definition) is 7. The third-order valence-electron chi connectivity index (χ3n) is 4.26. The molecule has 0 saturated heterocycles. The van der Waals surface area contributed by atoms with Gasteiger partial charge in [-0.3, -0.25) is 19.9 Å². The molecule has 2 N–H and O–H groups in total. The first-order valence-electron chi connectivity index (χ1n) is 8.17. The smallest absolute Gasteiger partial charge is 0.326 e. The highest BCUT2D eigenvalue weighted by Crippen LogP contribution is 2.28. The summed E-state index contributed by atoms with van der Waals surface area (Å²) in [5.41, 5.74) is -1.11. The van der Waals surface area contributed by atoms with Crippen molar-refractivity contribution >= 4 is 26.6 Å². The van der Waals surface area contributed by atoms with Crippen molar-refractivity contribution in [3.8, 4) is 5.75 Å². The number of nitrogens with zero attached hydrogens (tertiary/aromatic N) is 2. The first-order valence-corrected chi connectivity index (χ1v) is 9.61. The van der Waals surface area contributed by atoms with Gasteiger partial charge in [-0.15, -0.1) is 0 Å². The minimum absolute atomic E-state index is 0.0131. The van der Waals surface area contributed by atoms with Crippen LogP contribution in [0, 0.1) is 10.1 Å². The number of sulfonamides is 1. The number of nitro groups is 1. The highest BCUT2D eigenvalue weighted by atomic mass is 32.2. The number of benzene rings is 2. The minimum atomic E-state index is -4.02. The number of rotatable bonds is 6. The fourth-order valence-electron chi connectivity index (χ4n) is 2.80. The van der Waals surface area contributed by atoms with Crippen LogP contribution in [0.15, 0.2) is 50.9 Å². The molecule has 0 fully saturated rings. The molecule has 11 nitrogen and oxygen atoms in total. The Morgan fingerprint density at radius 2 is 1.86 bits per heavy atom. The molecule has 0 bridgehead atoms. The van der Waals surface area contributed by atoms with Crippen LogP contribution in [-0.4, -0.2) is 41.8 Å². The maximum atomic E-state index is 12.9. The first kappa shape index (κ1) is 20.2. The topological polar surface area (TPSA) is 155 Å². The molecule has 3 aromatic rings. The average molecular weight is 420 g/mol. The molecule has 0 saturated carbocycles. The number of nitro benzene ring substituents is 1. The van der Waals surface area contributed by atoms with Crippen molar-refractivity contribution in [1.82, 2.24) is 14.3 Å². The molecule has 0 atom stereocenters. The zero-order valence-corrected chi connectivity index (χ0v) is 16.1. The van der Waals surface area contributed by atoms with E-state index in [4.69, 9.17) is 4.74 Å². The maximum absolute atomic E-state index is 12.9. The average Bonchev–Trinajstić information content (AvgIpc) is 2.67. The summed E-state index contributed by atoms with van der Waals surface area (Å²) in [6, 6.07) is 7.89. The minimum Gasteiger partial charge on any atom is -0.490 e. The van der Waals surface area contributed by atoms with Crippen molar-refractivity contribution in [3.05, 3.63) is 72.9 Å². The number of hydrogen-bond donors (Lipinski definition) is 2. The SMILES string of the molecule is COc1ccc(CN(C)S(=O)(=O)c2ccc3[nH]c(=O)[nH]c(=O)c3c2)cc1[N+](=O)[O-].